The van der Waals surface area contributed by atoms with Gasteiger partial charge in [-0.2, -0.15) is 0 Å². The molecule has 3 heteroatoms. The van der Waals surface area contributed by atoms with Crippen LogP contribution in [-0.2, 0) is 4.79 Å². The predicted molar refractivity (Wildman–Crippen MR) is 32.8 cm³/mol. The molecule has 1 heterocycles. The van der Waals surface area contributed by atoms with Crippen molar-refractivity contribution in [1.29, 1.82) is 0 Å². The molecule has 0 aromatic heterocycles. The number of rotatable bonds is 1. The van der Waals surface area contributed by atoms with Gasteiger partial charge >= 0.3 is 0 Å². The molecule has 51 valence electrons. The number of hydrogen-bond acceptors (Lipinski definition) is 3. The number of aliphatic hydroxyl groups excluding tert-OH is 1. The Morgan fingerprint density at radius 3 is 2.67 bits per heavy atom. The van der Waals surface area contributed by atoms with Crippen LogP contribution in [0.4, 0.5) is 0 Å². The number of Topliss-reactive ketones (excluding diaryl/α,β-unsaturated/α-hetero) is 1. The summed E-state index contributed by atoms with van der Waals surface area (Å²) >= 11 is 0. The van der Waals surface area contributed by atoms with Gasteiger partial charge in [-0.25, -0.2) is 0 Å². The summed E-state index contributed by atoms with van der Waals surface area (Å²) in [5.41, 5.74) is 0. The molecule has 2 N–H and O–H groups in total. The number of ketones is 1. The highest BCUT2D eigenvalue weighted by Gasteiger charge is 2.27. The molecule has 0 aliphatic carbocycles. The highest BCUT2D eigenvalue weighted by atomic mass is 16.3. The lowest BCUT2D eigenvalue weighted by Gasteiger charge is -2.08. The van der Waals surface area contributed by atoms with Crippen molar-refractivity contribution < 1.29 is 9.90 Å². The maximum Gasteiger partial charge on any atom is 0.152 e. The van der Waals surface area contributed by atoms with E-state index in [-0.39, 0.29) is 5.78 Å². The van der Waals surface area contributed by atoms with E-state index in [4.69, 9.17) is 5.11 Å². The van der Waals surface area contributed by atoms with E-state index in [2.05, 4.69) is 12.2 Å². The third kappa shape index (κ3) is 1.28. The predicted octanol–water partition coefficient (Wildman–Crippen LogP) is -0.888. The lowest BCUT2D eigenvalue weighted by Crippen LogP contribution is -2.36. The van der Waals surface area contributed by atoms with Crippen LogP contribution in [0.3, 0.4) is 0 Å². The Labute approximate surface area is 54.1 Å². The summed E-state index contributed by atoms with van der Waals surface area (Å²) in [4.78, 5) is 10.5. The first-order chi connectivity index (χ1) is 4.22. The van der Waals surface area contributed by atoms with E-state index in [0.717, 1.165) is 0 Å². The second-order valence-electron chi connectivity index (χ2n) is 2.25. The lowest BCUT2D eigenvalue weighted by atomic mass is 10.1. The highest BCUT2D eigenvalue weighted by molar-refractivity contribution is 5.88. The van der Waals surface area contributed by atoms with Crippen LogP contribution in [0, 0.1) is 6.92 Å². The van der Waals surface area contributed by atoms with E-state index in [9.17, 15) is 4.79 Å². The van der Waals surface area contributed by atoms with E-state index in [1.165, 1.54) is 0 Å². The van der Waals surface area contributed by atoms with Gasteiger partial charge in [0.25, 0.3) is 0 Å². The summed E-state index contributed by atoms with van der Waals surface area (Å²) in [6, 6.07) is -0.412. The highest BCUT2D eigenvalue weighted by Crippen LogP contribution is 2.06. The van der Waals surface area contributed by atoms with Gasteiger partial charge in [0.1, 0.15) is 0 Å². The molecule has 0 bridgehead atoms. The SMILES string of the molecule is [CH2]C(=O)[C@H]1NCCC1O. The van der Waals surface area contributed by atoms with Crippen LogP contribution in [0.25, 0.3) is 0 Å². The van der Waals surface area contributed by atoms with Gasteiger partial charge in [-0.1, -0.05) is 0 Å². The molecule has 0 spiro atoms. The topological polar surface area (TPSA) is 49.3 Å². The summed E-state index contributed by atoms with van der Waals surface area (Å²) in [6.07, 6.45) is 0.140. The zero-order valence-corrected chi connectivity index (χ0v) is 5.13. The first-order valence-electron chi connectivity index (χ1n) is 2.99. The van der Waals surface area contributed by atoms with Crippen LogP contribution in [-0.4, -0.2) is 29.6 Å². The Hall–Kier alpha value is -0.410. The van der Waals surface area contributed by atoms with Crippen LogP contribution >= 0.6 is 0 Å². The molecule has 3 nitrogen and oxygen atoms in total. The molecular formula is C6H10NO2. The minimum atomic E-state index is -0.519. The van der Waals surface area contributed by atoms with Gasteiger partial charge in [0.15, 0.2) is 5.78 Å². The van der Waals surface area contributed by atoms with Crippen molar-refractivity contribution >= 4 is 5.78 Å². The minimum absolute atomic E-state index is 0.222. The van der Waals surface area contributed by atoms with Crippen molar-refractivity contribution in [3.8, 4) is 0 Å². The Bertz CT molecular complexity index is 124. The number of aliphatic hydroxyl groups is 1. The normalized spacial score (nSPS) is 34.9. The van der Waals surface area contributed by atoms with Gasteiger partial charge in [-0.15, -0.1) is 0 Å². The maximum absolute atomic E-state index is 10.5. The van der Waals surface area contributed by atoms with Gasteiger partial charge in [0.2, 0.25) is 0 Å². The molecule has 1 radical (unpaired) electrons. The average Bonchev–Trinajstić information content (AvgIpc) is 2.13. The Kier molecular flexibility index (Phi) is 1.83. The molecule has 9 heavy (non-hydrogen) atoms. The minimum Gasteiger partial charge on any atom is -0.391 e. The van der Waals surface area contributed by atoms with Gasteiger partial charge in [-0.05, 0) is 13.0 Å². The fraction of sp³-hybridized carbons (Fsp3) is 0.667. The van der Waals surface area contributed by atoms with E-state index < -0.39 is 12.1 Å². The first kappa shape index (κ1) is 6.71. The molecule has 1 aliphatic rings. The summed E-state index contributed by atoms with van der Waals surface area (Å²) < 4.78 is 0. The third-order valence-corrected chi connectivity index (χ3v) is 1.54. The van der Waals surface area contributed by atoms with Crippen molar-refractivity contribution in [1.82, 2.24) is 5.32 Å². The molecule has 1 aliphatic heterocycles. The van der Waals surface area contributed by atoms with Crippen molar-refractivity contribution in [2.24, 2.45) is 0 Å². The monoisotopic (exact) mass is 128 g/mol. The van der Waals surface area contributed by atoms with Crippen LogP contribution < -0.4 is 5.32 Å². The second-order valence-corrected chi connectivity index (χ2v) is 2.25. The van der Waals surface area contributed by atoms with Crippen LogP contribution in [0.15, 0.2) is 0 Å². The van der Waals surface area contributed by atoms with Gasteiger partial charge in [0, 0.05) is 6.92 Å². The maximum atomic E-state index is 10.5. The Morgan fingerprint density at radius 1 is 1.78 bits per heavy atom. The van der Waals surface area contributed by atoms with Gasteiger partial charge in [0.05, 0.1) is 12.1 Å². The Morgan fingerprint density at radius 2 is 2.44 bits per heavy atom. The summed E-state index contributed by atoms with van der Waals surface area (Å²) in [5, 5.41) is 11.9. The van der Waals surface area contributed by atoms with E-state index in [1.807, 2.05) is 0 Å². The Balaban J connectivity index is 2.49. The van der Waals surface area contributed by atoms with Crippen molar-refractivity contribution in [2.75, 3.05) is 6.54 Å². The number of nitrogens with one attached hydrogen (secondary N) is 1. The van der Waals surface area contributed by atoms with E-state index in [0.29, 0.717) is 13.0 Å². The molecule has 1 unspecified atom stereocenters. The molecule has 2 atom stereocenters. The number of carbonyl (C=O) groups excluding carboxylic acids is 1. The quantitative estimate of drug-likeness (QED) is 0.481. The van der Waals surface area contributed by atoms with Crippen molar-refractivity contribution in [3.63, 3.8) is 0 Å². The molecule has 1 rings (SSSR count). The zero-order valence-electron chi connectivity index (χ0n) is 5.13. The van der Waals surface area contributed by atoms with Crippen LogP contribution in [0.1, 0.15) is 6.42 Å². The summed E-state index contributed by atoms with van der Waals surface area (Å²) in [5.74, 6) is -0.222. The van der Waals surface area contributed by atoms with Crippen molar-refractivity contribution in [3.05, 3.63) is 6.92 Å². The lowest BCUT2D eigenvalue weighted by molar-refractivity contribution is -0.118. The number of hydrogen-bond donors (Lipinski definition) is 2. The van der Waals surface area contributed by atoms with Gasteiger partial charge < -0.3 is 10.4 Å². The molecule has 0 aromatic rings. The summed E-state index contributed by atoms with van der Waals surface area (Å²) in [7, 11) is 0. The second kappa shape index (κ2) is 2.45. The fourth-order valence-electron chi connectivity index (χ4n) is 1.02. The molecule has 1 saturated heterocycles. The average molecular weight is 128 g/mol. The smallest absolute Gasteiger partial charge is 0.152 e. The molecule has 0 aromatic carbocycles. The molecule has 0 saturated carbocycles. The van der Waals surface area contributed by atoms with E-state index in [1.54, 1.807) is 0 Å². The van der Waals surface area contributed by atoms with Gasteiger partial charge in [-0.3, -0.25) is 4.79 Å². The largest absolute Gasteiger partial charge is 0.391 e. The summed E-state index contributed by atoms with van der Waals surface area (Å²) in [6.45, 7) is 3.92. The van der Waals surface area contributed by atoms with Crippen LogP contribution in [0.2, 0.25) is 0 Å². The zero-order chi connectivity index (χ0) is 6.85. The number of carbonyl (C=O) groups is 1. The molecular weight excluding hydrogens is 118 g/mol. The first-order valence-corrected chi connectivity index (χ1v) is 2.99. The standard InChI is InChI=1S/C6H10NO2/c1-4(8)6-5(9)2-3-7-6/h5-7,9H,1-3H2/t5?,6-/m1/s1. The molecule has 0 amide bonds. The fourth-order valence-corrected chi connectivity index (χ4v) is 1.02. The molecule has 1 fully saturated rings. The third-order valence-electron chi connectivity index (χ3n) is 1.54. The van der Waals surface area contributed by atoms with Crippen molar-refractivity contribution in [2.45, 2.75) is 18.6 Å². The van der Waals surface area contributed by atoms with Crippen LogP contribution in [0.5, 0.6) is 0 Å². The van der Waals surface area contributed by atoms with E-state index >= 15 is 0 Å².